The lowest BCUT2D eigenvalue weighted by molar-refractivity contribution is 0.718. The molecule has 5 heteroatoms. The van der Waals surface area contributed by atoms with Crippen molar-refractivity contribution >= 4 is 50.7 Å². The topological polar surface area (TPSA) is 26.0 Å². The van der Waals surface area contributed by atoms with Crippen molar-refractivity contribution in [1.29, 1.82) is 0 Å². The first-order valence-corrected chi connectivity index (χ1v) is 7.55. The van der Waals surface area contributed by atoms with E-state index in [1.807, 2.05) is 30.3 Å². The molecule has 1 atom stereocenters. The van der Waals surface area contributed by atoms with Crippen LogP contribution in [0.4, 0.5) is 0 Å². The van der Waals surface area contributed by atoms with Crippen molar-refractivity contribution < 1.29 is 0 Å². The van der Waals surface area contributed by atoms with Crippen LogP contribution in [0, 0.1) is 0 Å². The Bertz CT molecular complexity index is 601. The van der Waals surface area contributed by atoms with E-state index < -0.39 is 0 Å². The lowest BCUT2D eigenvalue weighted by Crippen LogP contribution is -2.14. The van der Waals surface area contributed by atoms with Crippen molar-refractivity contribution in [3.8, 4) is 0 Å². The average Bonchev–Trinajstić information content (AvgIpc) is 2.38. The van der Waals surface area contributed by atoms with Crippen molar-refractivity contribution in [2.75, 3.05) is 0 Å². The first-order chi connectivity index (χ1) is 8.99. The Morgan fingerprint density at radius 1 is 1.11 bits per heavy atom. The van der Waals surface area contributed by atoms with Gasteiger partial charge in [-0.2, -0.15) is 0 Å². The second-order valence-corrected chi connectivity index (χ2v) is 6.27. The van der Waals surface area contributed by atoms with Gasteiger partial charge < -0.3 is 5.73 Å². The van der Waals surface area contributed by atoms with E-state index in [2.05, 4.69) is 15.9 Å². The summed E-state index contributed by atoms with van der Waals surface area (Å²) in [7, 11) is 0. The van der Waals surface area contributed by atoms with E-state index in [1.54, 1.807) is 6.07 Å². The van der Waals surface area contributed by atoms with Crippen LogP contribution < -0.4 is 5.73 Å². The fourth-order valence-electron chi connectivity index (χ4n) is 1.85. The van der Waals surface area contributed by atoms with Crippen LogP contribution in [0.2, 0.25) is 15.1 Å². The first kappa shape index (κ1) is 15.1. The van der Waals surface area contributed by atoms with Crippen LogP contribution in [0.25, 0.3) is 0 Å². The second kappa shape index (κ2) is 6.47. The number of hydrogen-bond donors (Lipinski definition) is 1. The normalized spacial score (nSPS) is 12.5. The lowest BCUT2D eigenvalue weighted by atomic mass is 10.00. The molecule has 0 amide bonds. The molecule has 2 rings (SSSR count). The molecule has 0 heterocycles. The van der Waals surface area contributed by atoms with E-state index in [-0.39, 0.29) is 6.04 Å². The van der Waals surface area contributed by atoms with Crippen LogP contribution in [0.3, 0.4) is 0 Å². The van der Waals surface area contributed by atoms with Gasteiger partial charge in [-0.05, 0) is 41.8 Å². The van der Waals surface area contributed by atoms with Gasteiger partial charge in [-0.25, -0.2) is 0 Å². The van der Waals surface area contributed by atoms with Crippen molar-refractivity contribution in [3.63, 3.8) is 0 Å². The molecule has 2 aromatic rings. The third-order valence-corrected chi connectivity index (χ3v) is 4.64. The minimum atomic E-state index is -0.205. The third-order valence-electron chi connectivity index (χ3n) is 2.83. The summed E-state index contributed by atoms with van der Waals surface area (Å²) in [4.78, 5) is 0. The molecule has 0 saturated carbocycles. The maximum atomic E-state index is 6.23. The molecule has 1 nitrogen and oxygen atoms in total. The van der Waals surface area contributed by atoms with Crippen molar-refractivity contribution in [1.82, 2.24) is 0 Å². The number of halogens is 4. The maximum absolute atomic E-state index is 6.23. The first-order valence-electron chi connectivity index (χ1n) is 5.62. The molecule has 0 radical (unpaired) electrons. The minimum absolute atomic E-state index is 0.205. The molecule has 0 aromatic heterocycles. The Balaban J connectivity index is 2.28. The molecular formula is C14H11BrCl3N. The van der Waals surface area contributed by atoms with Crippen LogP contribution in [-0.4, -0.2) is 0 Å². The zero-order chi connectivity index (χ0) is 14.0. The van der Waals surface area contributed by atoms with Gasteiger partial charge >= 0.3 is 0 Å². The summed E-state index contributed by atoms with van der Waals surface area (Å²) >= 11 is 21.6. The Morgan fingerprint density at radius 2 is 1.84 bits per heavy atom. The van der Waals surface area contributed by atoms with Gasteiger partial charge in [0.1, 0.15) is 0 Å². The summed E-state index contributed by atoms with van der Waals surface area (Å²) in [5, 5.41) is 1.75. The van der Waals surface area contributed by atoms with Crippen molar-refractivity contribution in [2.45, 2.75) is 12.5 Å². The number of rotatable bonds is 3. The van der Waals surface area contributed by atoms with E-state index >= 15 is 0 Å². The van der Waals surface area contributed by atoms with Crippen molar-refractivity contribution in [3.05, 3.63) is 67.1 Å². The molecule has 0 spiro atoms. The highest BCUT2D eigenvalue weighted by Crippen LogP contribution is 2.31. The molecule has 0 fully saturated rings. The number of hydrogen-bond acceptors (Lipinski definition) is 1. The highest BCUT2D eigenvalue weighted by molar-refractivity contribution is 9.10. The molecule has 2 N–H and O–H groups in total. The van der Waals surface area contributed by atoms with Crippen molar-refractivity contribution in [2.24, 2.45) is 5.73 Å². The molecule has 0 saturated heterocycles. The van der Waals surface area contributed by atoms with E-state index in [0.717, 1.165) is 15.6 Å². The predicted octanol–water partition coefficient (Wildman–Crippen LogP) is 5.65. The van der Waals surface area contributed by atoms with Gasteiger partial charge in [-0.3, -0.25) is 0 Å². The summed E-state index contributed by atoms with van der Waals surface area (Å²) in [6, 6.07) is 10.9. The molecular weight excluding hydrogens is 368 g/mol. The standard InChI is InChI=1S/C14H11BrCl3N/c15-11-5-4-9(16)7-10(11)13(19)6-8-2-1-3-12(17)14(8)18/h1-5,7,13H,6,19H2. The van der Waals surface area contributed by atoms with Gasteiger partial charge in [0.25, 0.3) is 0 Å². The number of benzene rings is 2. The zero-order valence-electron chi connectivity index (χ0n) is 9.84. The lowest BCUT2D eigenvalue weighted by Gasteiger charge is -2.15. The highest BCUT2D eigenvalue weighted by Gasteiger charge is 2.14. The Hall–Kier alpha value is -0.250. The molecule has 0 aliphatic carbocycles. The zero-order valence-corrected chi connectivity index (χ0v) is 13.7. The van der Waals surface area contributed by atoms with Gasteiger partial charge in [0.05, 0.1) is 10.0 Å². The van der Waals surface area contributed by atoms with E-state index in [1.165, 1.54) is 0 Å². The smallest absolute Gasteiger partial charge is 0.0624 e. The Morgan fingerprint density at radius 3 is 2.58 bits per heavy atom. The van der Waals surface area contributed by atoms with Crippen LogP contribution >= 0.6 is 50.7 Å². The van der Waals surface area contributed by atoms with Crippen LogP contribution in [0.1, 0.15) is 17.2 Å². The van der Waals surface area contributed by atoms with E-state index in [4.69, 9.17) is 40.5 Å². The summed E-state index contributed by atoms with van der Waals surface area (Å²) in [6.45, 7) is 0. The highest BCUT2D eigenvalue weighted by atomic mass is 79.9. The molecule has 0 aliphatic rings. The van der Waals surface area contributed by atoms with Gasteiger partial charge in [0, 0.05) is 15.5 Å². The molecule has 2 aromatic carbocycles. The Labute approximate surface area is 135 Å². The molecule has 19 heavy (non-hydrogen) atoms. The quantitative estimate of drug-likeness (QED) is 0.732. The molecule has 100 valence electrons. The van der Waals surface area contributed by atoms with Gasteiger partial charge in [-0.1, -0.05) is 62.9 Å². The van der Waals surface area contributed by atoms with E-state index in [9.17, 15) is 0 Å². The largest absolute Gasteiger partial charge is 0.324 e. The SMILES string of the molecule is NC(Cc1cccc(Cl)c1Cl)c1cc(Cl)ccc1Br. The van der Waals surface area contributed by atoms with Crippen LogP contribution in [-0.2, 0) is 6.42 Å². The summed E-state index contributed by atoms with van der Waals surface area (Å²) < 4.78 is 0.933. The fraction of sp³-hybridized carbons (Fsp3) is 0.143. The number of nitrogens with two attached hydrogens (primary N) is 1. The predicted molar refractivity (Wildman–Crippen MR) is 86.2 cm³/mol. The van der Waals surface area contributed by atoms with Gasteiger partial charge in [0.15, 0.2) is 0 Å². The minimum Gasteiger partial charge on any atom is -0.324 e. The fourth-order valence-corrected chi connectivity index (χ4v) is 2.97. The molecule has 0 aliphatic heterocycles. The Kier molecular flexibility index (Phi) is 5.15. The summed E-state index contributed by atoms with van der Waals surface area (Å²) in [5.41, 5.74) is 8.10. The monoisotopic (exact) mass is 377 g/mol. The van der Waals surface area contributed by atoms with Crippen LogP contribution in [0.5, 0.6) is 0 Å². The molecule has 1 unspecified atom stereocenters. The summed E-state index contributed by atoms with van der Waals surface area (Å²) in [6.07, 6.45) is 0.596. The van der Waals surface area contributed by atoms with Gasteiger partial charge in [0.2, 0.25) is 0 Å². The average molecular weight is 380 g/mol. The molecule has 0 bridgehead atoms. The third kappa shape index (κ3) is 3.65. The van der Waals surface area contributed by atoms with E-state index in [0.29, 0.717) is 21.5 Å². The summed E-state index contributed by atoms with van der Waals surface area (Å²) in [5.74, 6) is 0. The van der Waals surface area contributed by atoms with Crippen LogP contribution in [0.15, 0.2) is 40.9 Å². The van der Waals surface area contributed by atoms with Gasteiger partial charge in [-0.15, -0.1) is 0 Å². The maximum Gasteiger partial charge on any atom is 0.0624 e. The second-order valence-electron chi connectivity index (χ2n) is 4.19.